The summed E-state index contributed by atoms with van der Waals surface area (Å²) in [7, 11) is 0. The number of morpholine rings is 1. The first-order valence-electron chi connectivity index (χ1n) is 5.73. The first-order chi connectivity index (χ1) is 7.78. The number of alkyl halides is 1. The number of halogens is 1. The Hall–Kier alpha value is -0.570. The second-order valence-electron chi connectivity index (χ2n) is 4.37. The molecule has 1 aromatic carbocycles. The highest BCUT2D eigenvalue weighted by Gasteiger charge is 2.19. The molecule has 0 saturated carbocycles. The Morgan fingerprint density at radius 1 is 1.38 bits per heavy atom. The molecule has 1 heterocycles. The maximum atomic E-state index is 5.82. The molecule has 0 N–H and O–H groups in total. The van der Waals surface area contributed by atoms with Crippen LogP contribution in [0.3, 0.4) is 0 Å². The number of ether oxygens (including phenoxy) is 1. The number of rotatable bonds is 3. The Morgan fingerprint density at radius 3 is 2.81 bits per heavy atom. The molecule has 0 amide bonds. The summed E-state index contributed by atoms with van der Waals surface area (Å²) in [4.78, 5) is 2.40. The molecule has 0 aromatic heterocycles. The zero-order valence-electron chi connectivity index (χ0n) is 9.66. The van der Waals surface area contributed by atoms with E-state index in [1.54, 1.807) is 0 Å². The molecular weight excluding hydrogens is 222 g/mol. The maximum Gasteiger partial charge on any atom is 0.0837 e. The third kappa shape index (κ3) is 3.21. The summed E-state index contributed by atoms with van der Waals surface area (Å²) in [6.45, 7) is 5.85. The van der Waals surface area contributed by atoms with Gasteiger partial charge in [-0.1, -0.05) is 29.8 Å². The van der Waals surface area contributed by atoms with Crippen molar-refractivity contribution in [2.45, 2.75) is 19.6 Å². The first kappa shape index (κ1) is 11.9. The van der Waals surface area contributed by atoms with E-state index in [2.05, 4.69) is 36.1 Å². The Bertz CT molecular complexity index is 325. The van der Waals surface area contributed by atoms with Crippen molar-refractivity contribution < 1.29 is 4.74 Å². The topological polar surface area (TPSA) is 12.5 Å². The van der Waals surface area contributed by atoms with Crippen molar-refractivity contribution in [3.63, 3.8) is 0 Å². The monoisotopic (exact) mass is 239 g/mol. The van der Waals surface area contributed by atoms with E-state index in [0.29, 0.717) is 5.88 Å². The van der Waals surface area contributed by atoms with Crippen LogP contribution in [0.1, 0.15) is 11.1 Å². The molecule has 1 saturated heterocycles. The molecule has 0 spiro atoms. The van der Waals surface area contributed by atoms with Crippen molar-refractivity contribution in [2.75, 3.05) is 25.6 Å². The average Bonchev–Trinajstić information content (AvgIpc) is 2.32. The number of benzene rings is 1. The summed E-state index contributed by atoms with van der Waals surface area (Å²) < 4.78 is 5.54. The lowest BCUT2D eigenvalue weighted by Gasteiger charge is -2.31. The van der Waals surface area contributed by atoms with E-state index in [1.807, 2.05) is 0 Å². The molecule has 1 aliphatic heterocycles. The van der Waals surface area contributed by atoms with Gasteiger partial charge in [-0.15, -0.1) is 11.6 Å². The molecule has 3 heteroatoms. The van der Waals surface area contributed by atoms with Gasteiger partial charge in [0.25, 0.3) is 0 Å². The summed E-state index contributed by atoms with van der Waals surface area (Å²) in [6.07, 6.45) is 0.195. The van der Waals surface area contributed by atoms with Gasteiger partial charge in [0, 0.05) is 25.5 Å². The molecule has 88 valence electrons. The summed E-state index contributed by atoms with van der Waals surface area (Å²) >= 11 is 5.82. The van der Waals surface area contributed by atoms with Crippen LogP contribution < -0.4 is 0 Å². The zero-order valence-corrected chi connectivity index (χ0v) is 10.4. The molecule has 1 aliphatic rings. The van der Waals surface area contributed by atoms with Crippen LogP contribution in [0.4, 0.5) is 0 Å². The van der Waals surface area contributed by atoms with Gasteiger partial charge in [0.15, 0.2) is 0 Å². The lowest BCUT2D eigenvalue weighted by molar-refractivity contribution is -0.0194. The summed E-state index contributed by atoms with van der Waals surface area (Å²) in [5, 5.41) is 0. The van der Waals surface area contributed by atoms with Gasteiger partial charge in [0.1, 0.15) is 0 Å². The Balaban J connectivity index is 1.91. The van der Waals surface area contributed by atoms with Gasteiger partial charge < -0.3 is 4.74 Å². The van der Waals surface area contributed by atoms with Gasteiger partial charge in [0.05, 0.1) is 12.7 Å². The summed E-state index contributed by atoms with van der Waals surface area (Å²) in [5.41, 5.74) is 2.67. The molecule has 2 rings (SSSR count). The molecule has 1 fully saturated rings. The third-order valence-corrected chi connectivity index (χ3v) is 3.27. The summed E-state index contributed by atoms with van der Waals surface area (Å²) in [6, 6.07) is 8.71. The Morgan fingerprint density at radius 2 is 2.12 bits per heavy atom. The molecule has 1 aromatic rings. The van der Waals surface area contributed by atoms with Gasteiger partial charge in [-0.2, -0.15) is 0 Å². The minimum Gasteiger partial charge on any atom is -0.374 e. The quantitative estimate of drug-likeness (QED) is 0.752. The number of hydrogen-bond acceptors (Lipinski definition) is 2. The van der Waals surface area contributed by atoms with Gasteiger partial charge >= 0.3 is 0 Å². The van der Waals surface area contributed by atoms with Crippen LogP contribution in [0.15, 0.2) is 24.3 Å². The number of nitrogens with zero attached hydrogens (tertiary/aromatic N) is 1. The van der Waals surface area contributed by atoms with Crippen LogP contribution in [0.25, 0.3) is 0 Å². The van der Waals surface area contributed by atoms with Crippen molar-refractivity contribution >= 4 is 11.6 Å². The van der Waals surface area contributed by atoms with Crippen LogP contribution >= 0.6 is 11.6 Å². The second kappa shape index (κ2) is 5.67. The van der Waals surface area contributed by atoms with Crippen LogP contribution in [0.5, 0.6) is 0 Å². The van der Waals surface area contributed by atoms with E-state index < -0.39 is 0 Å². The van der Waals surface area contributed by atoms with E-state index in [-0.39, 0.29) is 6.10 Å². The Kier molecular flexibility index (Phi) is 4.22. The van der Waals surface area contributed by atoms with Crippen molar-refractivity contribution in [1.29, 1.82) is 0 Å². The second-order valence-corrected chi connectivity index (χ2v) is 4.68. The van der Waals surface area contributed by atoms with E-state index in [1.165, 1.54) is 11.1 Å². The van der Waals surface area contributed by atoms with E-state index >= 15 is 0 Å². The van der Waals surface area contributed by atoms with E-state index in [0.717, 1.165) is 26.2 Å². The minimum atomic E-state index is 0.195. The van der Waals surface area contributed by atoms with Gasteiger partial charge in [-0.05, 0) is 12.5 Å². The van der Waals surface area contributed by atoms with Crippen molar-refractivity contribution in [3.8, 4) is 0 Å². The lowest BCUT2D eigenvalue weighted by Crippen LogP contribution is -2.42. The molecule has 1 atom stereocenters. The van der Waals surface area contributed by atoms with Crippen LogP contribution in [-0.2, 0) is 11.3 Å². The molecule has 0 aliphatic carbocycles. The number of hydrogen-bond donors (Lipinski definition) is 0. The highest BCUT2D eigenvalue weighted by Crippen LogP contribution is 2.12. The maximum absolute atomic E-state index is 5.82. The van der Waals surface area contributed by atoms with Crippen molar-refractivity contribution in [1.82, 2.24) is 4.90 Å². The highest BCUT2D eigenvalue weighted by atomic mass is 35.5. The van der Waals surface area contributed by atoms with Crippen molar-refractivity contribution in [3.05, 3.63) is 35.4 Å². The standard InChI is InChI=1S/C13H18ClNO/c1-11-2-4-12(5-3-11)9-15-6-7-16-13(8-14)10-15/h2-5,13H,6-10H2,1H3. The fraction of sp³-hybridized carbons (Fsp3) is 0.538. The smallest absolute Gasteiger partial charge is 0.0837 e. The molecular formula is C13H18ClNO. The van der Waals surface area contributed by atoms with Gasteiger partial charge in [-0.25, -0.2) is 0 Å². The SMILES string of the molecule is Cc1ccc(CN2CCOC(CCl)C2)cc1. The van der Waals surface area contributed by atoms with Crippen LogP contribution in [-0.4, -0.2) is 36.6 Å². The van der Waals surface area contributed by atoms with E-state index in [9.17, 15) is 0 Å². The number of aryl methyl sites for hydroxylation is 1. The summed E-state index contributed by atoms with van der Waals surface area (Å²) in [5.74, 6) is 0.588. The fourth-order valence-corrected chi connectivity index (χ4v) is 2.16. The van der Waals surface area contributed by atoms with Gasteiger partial charge in [-0.3, -0.25) is 4.90 Å². The molecule has 16 heavy (non-hydrogen) atoms. The first-order valence-corrected chi connectivity index (χ1v) is 6.27. The predicted molar refractivity (Wildman–Crippen MR) is 66.9 cm³/mol. The van der Waals surface area contributed by atoms with Crippen molar-refractivity contribution in [2.24, 2.45) is 0 Å². The van der Waals surface area contributed by atoms with Crippen LogP contribution in [0, 0.1) is 6.92 Å². The molecule has 2 nitrogen and oxygen atoms in total. The average molecular weight is 240 g/mol. The van der Waals surface area contributed by atoms with Crippen LogP contribution in [0.2, 0.25) is 0 Å². The zero-order chi connectivity index (χ0) is 11.4. The van der Waals surface area contributed by atoms with E-state index in [4.69, 9.17) is 16.3 Å². The molecule has 1 unspecified atom stereocenters. The lowest BCUT2D eigenvalue weighted by atomic mass is 10.1. The minimum absolute atomic E-state index is 0.195. The largest absolute Gasteiger partial charge is 0.374 e. The predicted octanol–water partition coefficient (Wildman–Crippen LogP) is 2.43. The normalized spacial score (nSPS) is 22.2. The Labute approximate surface area is 102 Å². The fourth-order valence-electron chi connectivity index (χ4n) is 1.97. The van der Waals surface area contributed by atoms with Gasteiger partial charge in [0.2, 0.25) is 0 Å². The molecule has 0 radical (unpaired) electrons. The molecule has 0 bridgehead atoms. The highest BCUT2D eigenvalue weighted by molar-refractivity contribution is 6.18. The third-order valence-electron chi connectivity index (χ3n) is 2.92.